The molecule has 1 amide bonds. The van der Waals surface area contributed by atoms with Gasteiger partial charge in [-0.3, -0.25) is 19.8 Å². The summed E-state index contributed by atoms with van der Waals surface area (Å²) in [4.78, 5) is 25.8. The van der Waals surface area contributed by atoms with Crippen molar-refractivity contribution in [2.24, 2.45) is 5.92 Å². The molecule has 1 aliphatic heterocycles. The fraction of sp³-hybridized carbons (Fsp3) is 0.348. The first-order chi connectivity index (χ1) is 15.4. The first kappa shape index (κ1) is 21.6. The van der Waals surface area contributed by atoms with Crippen LogP contribution in [0.15, 0.2) is 48.5 Å². The second-order valence-electron chi connectivity index (χ2n) is 8.35. The van der Waals surface area contributed by atoms with Crippen LogP contribution in [0.4, 0.5) is 11.4 Å². The largest absolute Gasteiger partial charge is 0.321 e. The summed E-state index contributed by atoms with van der Waals surface area (Å²) in [6, 6.07) is 13.9. The number of carbonyl (C=O) groups is 1. The molecule has 0 bridgehead atoms. The van der Waals surface area contributed by atoms with Crippen molar-refractivity contribution < 1.29 is 9.72 Å². The van der Waals surface area contributed by atoms with Crippen molar-refractivity contribution in [3.8, 4) is 5.69 Å². The van der Waals surface area contributed by atoms with E-state index in [-0.39, 0.29) is 17.3 Å². The van der Waals surface area contributed by atoms with Gasteiger partial charge >= 0.3 is 0 Å². The Labute approximate surface area is 186 Å². The molecule has 0 aliphatic carbocycles. The summed E-state index contributed by atoms with van der Waals surface area (Å²) in [6.07, 6.45) is 2.54. The van der Waals surface area contributed by atoms with Crippen LogP contribution in [0.5, 0.6) is 0 Å². The number of hydrogen-bond donors (Lipinski definition) is 1. The summed E-state index contributed by atoms with van der Waals surface area (Å²) in [7, 11) is 0. The third kappa shape index (κ3) is 4.83. The van der Waals surface area contributed by atoms with Gasteiger partial charge < -0.3 is 5.32 Å². The molecule has 4 rings (SSSR count). The molecule has 1 saturated heterocycles. The maximum absolute atomic E-state index is 12.7. The Kier molecular flexibility index (Phi) is 6.27. The highest BCUT2D eigenvalue weighted by atomic mass is 16.6. The number of amides is 1. The minimum atomic E-state index is -0.473. The summed E-state index contributed by atoms with van der Waals surface area (Å²) in [5, 5.41) is 21.9. The molecule has 1 atom stereocenters. The van der Waals surface area contributed by atoms with E-state index < -0.39 is 4.92 Å². The van der Waals surface area contributed by atoms with Gasteiger partial charge in [0.1, 0.15) is 0 Å². The first-order valence-corrected chi connectivity index (χ1v) is 10.7. The Morgan fingerprint density at radius 3 is 2.75 bits per heavy atom. The third-order valence-electron chi connectivity index (χ3n) is 5.75. The molecule has 3 aromatic rings. The lowest BCUT2D eigenvalue weighted by molar-refractivity contribution is -0.384. The Balaban J connectivity index is 1.43. The first-order valence-electron chi connectivity index (χ1n) is 10.7. The van der Waals surface area contributed by atoms with Crippen LogP contribution in [0.1, 0.15) is 41.5 Å². The number of rotatable bonds is 6. The van der Waals surface area contributed by atoms with E-state index >= 15 is 0 Å². The highest BCUT2D eigenvalue weighted by Crippen LogP contribution is 2.21. The molecule has 9 heteroatoms. The molecule has 32 heavy (non-hydrogen) atoms. The number of nitro groups is 1. The van der Waals surface area contributed by atoms with Crippen molar-refractivity contribution in [3.05, 3.63) is 75.6 Å². The molecule has 1 aromatic heterocycles. The van der Waals surface area contributed by atoms with Gasteiger partial charge in [0.15, 0.2) is 5.69 Å². The number of piperidine rings is 1. The highest BCUT2D eigenvalue weighted by Gasteiger charge is 2.19. The van der Waals surface area contributed by atoms with Gasteiger partial charge in [-0.15, -0.1) is 5.10 Å². The molecular formula is C23H26N6O3. The zero-order valence-corrected chi connectivity index (χ0v) is 18.2. The molecule has 0 spiro atoms. The predicted octanol–water partition coefficient (Wildman–Crippen LogP) is 3.97. The van der Waals surface area contributed by atoms with Gasteiger partial charge in [-0.2, -0.15) is 0 Å². The highest BCUT2D eigenvalue weighted by molar-refractivity contribution is 6.03. The van der Waals surface area contributed by atoms with Gasteiger partial charge in [0.25, 0.3) is 11.6 Å². The number of non-ortho nitro benzene ring substituents is 1. The lowest BCUT2D eigenvalue weighted by Gasteiger charge is -2.30. The van der Waals surface area contributed by atoms with Crippen LogP contribution in [-0.4, -0.2) is 43.8 Å². The Morgan fingerprint density at radius 1 is 1.25 bits per heavy atom. The standard InChI is InChI=1S/C23H26N6O3/c1-16-5-4-12-27(14-16)15-18-8-10-19(11-9-18)24-23(30)22-17(2)28(26-25-22)20-6-3-7-21(13-20)29(31)32/h3,6-11,13,16H,4-5,12,14-15H2,1-2H3,(H,24,30). The zero-order valence-electron chi connectivity index (χ0n) is 18.2. The second kappa shape index (κ2) is 9.27. The van der Waals surface area contributed by atoms with E-state index in [0.29, 0.717) is 17.1 Å². The zero-order chi connectivity index (χ0) is 22.7. The fourth-order valence-electron chi connectivity index (χ4n) is 4.09. The van der Waals surface area contributed by atoms with Crippen molar-refractivity contribution in [1.29, 1.82) is 0 Å². The molecule has 0 radical (unpaired) electrons. The number of nitrogens with one attached hydrogen (secondary N) is 1. The third-order valence-corrected chi connectivity index (χ3v) is 5.75. The van der Waals surface area contributed by atoms with Crippen LogP contribution in [0.3, 0.4) is 0 Å². The monoisotopic (exact) mass is 434 g/mol. The minimum Gasteiger partial charge on any atom is -0.321 e. The Morgan fingerprint density at radius 2 is 2.03 bits per heavy atom. The Bertz CT molecular complexity index is 1130. The van der Waals surface area contributed by atoms with Gasteiger partial charge in [0.2, 0.25) is 0 Å². The lowest BCUT2D eigenvalue weighted by Crippen LogP contribution is -2.33. The van der Waals surface area contributed by atoms with Crippen molar-refractivity contribution >= 4 is 17.3 Å². The number of carbonyl (C=O) groups excluding carboxylic acids is 1. The lowest BCUT2D eigenvalue weighted by atomic mass is 10.00. The number of anilines is 1. The number of benzene rings is 2. The number of aromatic nitrogens is 3. The predicted molar refractivity (Wildman–Crippen MR) is 121 cm³/mol. The van der Waals surface area contributed by atoms with E-state index in [4.69, 9.17) is 0 Å². The van der Waals surface area contributed by atoms with Crippen LogP contribution >= 0.6 is 0 Å². The van der Waals surface area contributed by atoms with E-state index in [1.165, 1.54) is 35.2 Å². The minimum absolute atomic E-state index is 0.0532. The molecule has 1 N–H and O–H groups in total. The molecule has 2 aromatic carbocycles. The van der Waals surface area contributed by atoms with Gasteiger partial charge in [0.05, 0.1) is 16.3 Å². The topological polar surface area (TPSA) is 106 Å². The van der Waals surface area contributed by atoms with E-state index in [1.807, 2.05) is 24.3 Å². The number of nitrogens with zero attached hydrogens (tertiary/aromatic N) is 5. The van der Waals surface area contributed by atoms with Gasteiger partial charge in [0, 0.05) is 30.9 Å². The average molecular weight is 435 g/mol. The second-order valence-corrected chi connectivity index (χ2v) is 8.35. The Hall–Kier alpha value is -3.59. The molecule has 1 fully saturated rings. The van der Waals surface area contributed by atoms with E-state index in [1.54, 1.807) is 19.1 Å². The van der Waals surface area contributed by atoms with Crippen molar-refractivity contribution in [2.75, 3.05) is 18.4 Å². The van der Waals surface area contributed by atoms with Crippen LogP contribution < -0.4 is 5.32 Å². The summed E-state index contributed by atoms with van der Waals surface area (Å²) in [6.45, 7) is 7.16. The summed E-state index contributed by atoms with van der Waals surface area (Å²) in [5.74, 6) is 0.359. The van der Waals surface area contributed by atoms with Crippen molar-refractivity contribution in [1.82, 2.24) is 19.9 Å². The molecule has 1 unspecified atom stereocenters. The normalized spacial score (nSPS) is 16.6. The molecule has 0 saturated carbocycles. The number of nitro benzene ring substituents is 1. The van der Waals surface area contributed by atoms with E-state index in [9.17, 15) is 14.9 Å². The molecular weight excluding hydrogens is 408 g/mol. The van der Waals surface area contributed by atoms with Gasteiger partial charge in [-0.1, -0.05) is 30.3 Å². The van der Waals surface area contributed by atoms with Gasteiger partial charge in [-0.25, -0.2) is 4.68 Å². The SMILES string of the molecule is Cc1c(C(=O)Nc2ccc(CN3CCCC(C)C3)cc2)nnn1-c1cccc([N+](=O)[O-])c1. The summed E-state index contributed by atoms with van der Waals surface area (Å²) < 4.78 is 1.42. The van der Waals surface area contributed by atoms with Crippen molar-refractivity contribution in [3.63, 3.8) is 0 Å². The smallest absolute Gasteiger partial charge is 0.278 e. The van der Waals surface area contributed by atoms with E-state index in [2.05, 4.69) is 27.5 Å². The maximum Gasteiger partial charge on any atom is 0.278 e. The van der Waals surface area contributed by atoms with E-state index in [0.717, 1.165) is 25.6 Å². The average Bonchev–Trinajstić information content (AvgIpc) is 3.16. The number of hydrogen-bond acceptors (Lipinski definition) is 6. The van der Waals surface area contributed by atoms with Gasteiger partial charge in [-0.05, 0) is 56.0 Å². The molecule has 2 heterocycles. The van der Waals surface area contributed by atoms with Crippen LogP contribution in [0, 0.1) is 23.0 Å². The number of likely N-dealkylation sites (tertiary alicyclic amines) is 1. The van der Waals surface area contributed by atoms with Crippen LogP contribution in [-0.2, 0) is 6.54 Å². The summed E-state index contributed by atoms with van der Waals surface area (Å²) >= 11 is 0. The molecule has 9 nitrogen and oxygen atoms in total. The van der Waals surface area contributed by atoms with Crippen LogP contribution in [0.25, 0.3) is 5.69 Å². The van der Waals surface area contributed by atoms with Crippen molar-refractivity contribution in [2.45, 2.75) is 33.2 Å². The fourth-order valence-corrected chi connectivity index (χ4v) is 4.09. The van der Waals surface area contributed by atoms with Crippen LogP contribution in [0.2, 0.25) is 0 Å². The maximum atomic E-state index is 12.7. The quantitative estimate of drug-likeness (QED) is 0.465. The molecule has 1 aliphatic rings. The molecule has 166 valence electrons. The summed E-state index contributed by atoms with van der Waals surface area (Å²) in [5.41, 5.74) is 2.98.